The van der Waals surface area contributed by atoms with E-state index in [2.05, 4.69) is 12.4 Å². The molecule has 1 saturated carbocycles. The summed E-state index contributed by atoms with van der Waals surface area (Å²) in [6.45, 7) is 0. The van der Waals surface area contributed by atoms with Crippen LogP contribution in [0.15, 0.2) is 0 Å². The standard InChI is InChI=1S/C6H13N.H6Si2/c1-7-6-4-2-3-5-6;1-2/h6-7H,2-5H2,1H3;1-2H3. The molecule has 1 N–H and O–H groups in total. The monoisotopic (exact) mass is 161 g/mol. The van der Waals surface area contributed by atoms with Crippen LogP contribution in [0.1, 0.15) is 25.7 Å². The van der Waals surface area contributed by atoms with Crippen molar-refractivity contribution in [2.24, 2.45) is 0 Å². The summed E-state index contributed by atoms with van der Waals surface area (Å²) < 4.78 is 0. The van der Waals surface area contributed by atoms with Crippen LogP contribution >= 0.6 is 0 Å². The van der Waals surface area contributed by atoms with Gasteiger partial charge in [0.15, 0.2) is 0 Å². The maximum Gasteiger partial charge on any atom is 0.00640 e. The van der Waals surface area contributed by atoms with E-state index in [1.165, 1.54) is 45.2 Å². The highest BCUT2D eigenvalue weighted by Crippen LogP contribution is 2.16. The molecule has 1 fully saturated rings. The summed E-state index contributed by atoms with van der Waals surface area (Å²) in [6.07, 6.45) is 5.67. The number of nitrogens with one attached hydrogen (secondary N) is 1. The van der Waals surface area contributed by atoms with Crippen molar-refractivity contribution >= 4 is 19.5 Å². The molecule has 0 heterocycles. The zero-order valence-electron chi connectivity index (χ0n) is 6.91. The quantitative estimate of drug-likeness (QED) is 0.476. The third-order valence-corrected chi connectivity index (χ3v) is 1.76. The number of hydrogen-bond donors (Lipinski definition) is 1. The van der Waals surface area contributed by atoms with Gasteiger partial charge >= 0.3 is 0 Å². The van der Waals surface area contributed by atoms with Crippen molar-refractivity contribution in [2.75, 3.05) is 7.05 Å². The van der Waals surface area contributed by atoms with Crippen molar-refractivity contribution < 1.29 is 0 Å². The first-order valence-corrected chi connectivity index (χ1v) is 12.1. The zero-order chi connectivity index (χ0) is 7.11. The van der Waals surface area contributed by atoms with Gasteiger partial charge in [0.05, 0.1) is 0 Å². The van der Waals surface area contributed by atoms with Crippen molar-refractivity contribution in [1.29, 1.82) is 0 Å². The van der Waals surface area contributed by atoms with Gasteiger partial charge in [-0.3, -0.25) is 0 Å². The molecule has 0 spiro atoms. The Labute approximate surface area is 64.2 Å². The molecule has 1 nitrogen and oxygen atoms in total. The fourth-order valence-corrected chi connectivity index (χ4v) is 1.21. The second-order valence-electron chi connectivity index (χ2n) is 2.27. The highest BCUT2D eigenvalue weighted by Gasteiger charge is 2.10. The lowest BCUT2D eigenvalue weighted by atomic mass is 10.3. The van der Waals surface area contributed by atoms with Crippen molar-refractivity contribution in [3.63, 3.8) is 0 Å². The van der Waals surface area contributed by atoms with Crippen LogP contribution in [-0.4, -0.2) is 32.6 Å². The fraction of sp³-hybridized carbons (Fsp3) is 1.00. The van der Waals surface area contributed by atoms with Gasteiger partial charge in [-0.15, -0.1) is 0 Å². The second kappa shape index (κ2) is 6.51. The summed E-state index contributed by atoms with van der Waals surface area (Å²) in [5.74, 6) is 0. The van der Waals surface area contributed by atoms with E-state index in [-0.39, 0.29) is 0 Å². The predicted molar refractivity (Wildman–Crippen MR) is 51.2 cm³/mol. The molecule has 1 aliphatic carbocycles. The molecule has 0 aromatic carbocycles. The van der Waals surface area contributed by atoms with E-state index < -0.39 is 0 Å². The van der Waals surface area contributed by atoms with Crippen LogP contribution in [-0.2, 0) is 0 Å². The molecular formula is C6H19NSi2. The SMILES string of the molecule is CNC1CCCC1.[SiH3][SiH3]. The van der Waals surface area contributed by atoms with Crippen molar-refractivity contribution in [2.45, 2.75) is 31.7 Å². The van der Waals surface area contributed by atoms with E-state index in [1.807, 2.05) is 0 Å². The molecular weight excluding hydrogens is 142 g/mol. The Morgan fingerprint density at radius 2 is 1.67 bits per heavy atom. The summed E-state index contributed by atoms with van der Waals surface area (Å²) in [5.41, 5.74) is 0. The van der Waals surface area contributed by atoms with Crippen LogP contribution < -0.4 is 5.32 Å². The molecule has 0 aromatic heterocycles. The Morgan fingerprint density at radius 3 is 1.89 bits per heavy atom. The summed E-state index contributed by atoms with van der Waals surface area (Å²) in [4.78, 5) is 0. The predicted octanol–water partition coefficient (Wildman–Crippen LogP) is -1.22. The average Bonchev–Trinajstić information content (AvgIpc) is 2.43. The highest BCUT2D eigenvalue weighted by atomic mass is 29.1. The van der Waals surface area contributed by atoms with E-state index in [0.717, 1.165) is 6.04 Å². The van der Waals surface area contributed by atoms with Gasteiger partial charge in [0.1, 0.15) is 0 Å². The normalized spacial score (nSPS) is 19.7. The van der Waals surface area contributed by atoms with E-state index in [4.69, 9.17) is 0 Å². The maximum atomic E-state index is 3.26. The van der Waals surface area contributed by atoms with Crippen molar-refractivity contribution in [1.82, 2.24) is 5.32 Å². The van der Waals surface area contributed by atoms with Gasteiger partial charge in [0.2, 0.25) is 0 Å². The lowest BCUT2D eigenvalue weighted by Crippen LogP contribution is -2.20. The van der Waals surface area contributed by atoms with Gasteiger partial charge in [0.25, 0.3) is 0 Å². The summed E-state index contributed by atoms with van der Waals surface area (Å²) in [5, 5.41) is 3.26. The van der Waals surface area contributed by atoms with Gasteiger partial charge < -0.3 is 5.32 Å². The summed E-state index contributed by atoms with van der Waals surface area (Å²) in [6, 6.07) is 0.847. The molecule has 1 aliphatic rings. The van der Waals surface area contributed by atoms with Gasteiger partial charge in [-0.25, -0.2) is 0 Å². The molecule has 0 aliphatic heterocycles. The minimum atomic E-state index is 0.847. The smallest absolute Gasteiger partial charge is 0.00640 e. The number of rotatable bonds is 1. The maximum absolute atomic E-state index is 3.26. The summed E-state index contributed by atoms with van der Waals surface area (Å²) >= 11 is 0. The van der Waals surface area contributed by atoms with Crippen LogP contribution in [0.4, 0.5) is 0 Å². The molecule has 3 heteroatoms. The van der Waals surface area contributed by atoms with Crippen LogP contribution in [0.25, 0.3) is 0 Å². The second-order valence-corrected chi connectivity index (χ2v) is 2.27. The first-order valence-electron chi connectivity index (χ1n) is 4.11. The Balaban J connectivity index is 0.000000291. The van der Waals surface area contributed by atoms with Gasteiger partial charge in [-0.1, -0.05) is 12.8 Å². The van der Waals surface area contributed by atoms with E-state index >= 15 is 0 Å². The van der Waals surface area contributed by atoms with Crippen LogP contribution in [0.3, 0.4) is 0 Å². The lowest BCUT2D eigenvalue weighted by molar-refractivity contribution is 0.582. The molecule has 0 saturated heterocycles. The van der Waals surface area contributed by atoms with E-state index in [0.29, 0.717) is 0 Å². The molecule has 9 heavy (non-hydrogen) atoms. The lowest BCUT2D eigenvalue weighted by Gasteiger charge is -2.03. The Hall–Kier alpha value is 0.394. The topological polar surface area (TPSA) is 12.0 Å². The van der Waals surface area contributed by atoms with Crippen molar-refractivity contribution in [3.8, 4) is 0 Å². The molecule has 0 atom stereocenters. The molecule has 0 bridgehead atoms. The molecule has 0 amide bonds. The van der Waals surface area contributed by atoms with Gasteiger partial charge in [0, 0.05) is 6.04 Å². The van der Waals surface area contributed by atoms with Gasteiger partial charge in [-0.05, 0) is 39.4 Å². The van der Waals surface area contributed by atoms with E-state index in [1.54, 1.807) is 0 Å². The third-order valence-electron chi connectivity index (χ3n) is 1.76. The van der Waals surface area contributed by atoms with Crippen LogP contribution in [0.2, 0.25) is 0 Å². The fourth-order valence-electron chi connectivity index (χ4n) is 1.21. The van der Waals surface area contributed by atoms with Crippen molar-refractivity contribution in [3.05, 3.63) is 0 Å². The Morgan fingerprint density at radius 1 is 1.22 bits per heavy atom. The number of hydrogen-bond acceptors (Lipinski definition) is 1. The molecule has 1 rings (SSSR count). The molecule has 0 aromatic rings. The minimum Gasteiger partial charge on any atom is -0.317 e. The molecule has 0 radical (unpaired) electrons. The third kappa shape index (κ3) is 3.89. The first-order chi connectivity index (χ1) is 4.43. The Kier molecular flexibility index (Phi) is 6.80. The highest BCUT2D eigenvalue weighted by molar-refractivity contribution is 6.75. The minimum absolute atomic E-state index is 0.847. The van der Waals surface area contributed by atoms with Gasteiger partial charge in [-0.2, -0.15) is 0 Å². The molecule has 56 valence electrons. The first kappa shape index (κ1) is 9.39. The average molecular weight is 161 g/mol. The Bertz CT molecular complexity index is 53.0. The van der Waals surface area contributed by atoms with Crippen LogP contribution in [0, 0.1) is 0 Å². The van der Waals surface area contributed by atoms with Crippen LogP contribution in [0.5, 0.6) is 0 Å². The van der Waals surface area contributed by atoms with E-state index in [9.17, 15) is 0 Å². The largest absolute Gasteiger partial charge is 0.317 e. The zero-order valence-corrected chi connectivity index (χ0v) is 10.9. The summed E-state index contributed by atoms with van der Waals surface area (Å²) in [7, 11) is 4.94. The molecule has 0 unspecified atom stereocenters.